The minimum absolute atomic E-state index is 0.171. The predicted molar refractivity (Wildman–Crippen MR) is 66.7 cm³/mol. The first kappa shape index (κ1) is 15.3. The maximum absolute atomic E-state index is 11.3. The highest BCUT2D eigenvalue weighted by Gasteiger charge is 2.18. The van der Waals surface area contributed by atoms with Crippen LogP contribution in [-0.4, -0.2) is 34.5 Å². The van der Waals surface area contributed by atoms with Crippen molar-refractivity contribution in [1.29, 1.82) is 0 Å². The number of rotatable bonds is 9. The Bertz CT molecular complexity index is 221. The van der Waals surface area contributed by atoms with Gasteiger partial charge >= 0.3 is 5.97 Å². The largest absolute Gasteiger partial charge is 0.480 e. The topological polar surface area (TPSA) is 66.4 Å². The molecule has 0 radical (unpaired) electrons. The molecule has 1 atom stereocenters. The molecule has 4 nitrogen and oxygen atoms in total. The Kier molecular flexibility index (Phi) is 9.09. The van der Waals surface area contributed by atoms with Gasteiger partial charge in [-0.05, 0) is 30.8 Å². The van der Waals surface area contributed by atoms with Gasteiger partial charge in [0.15, 0.2) is 0 Å². The predicted octanol–water partition coefficient (Wildman–Crippen LogP) is 1.89. The summed E-state index contributed by atoms with van der Waals surface area (Å²) in [6.07, 6.45) is 2.72. The molecule has 1 amide bonds. The molecule has 0 spiro atoms. The van der Waals surface area contributed by atoms with Crippen LogP contribution >= 0.6 is 11.8 Å². The summed E-state index contributed by atoms with van der Waals surface area (Å²) >= 11 is 1.72. The minimum Gasteiger partial charge on any atom is -0.480 e. The van der Waals surface area contributed by atoms with Crippen LogP contribution in [0, 0.1) is 0 Å². The molecule has 0 aromatic carbocycles. The average molecular weight is 247 g/mol. The highest BCUT2D eigenvalue weighted by Crippen LogP contribution is 2.07. The van der Waals surface area contributed by atoms with E-state index in [1.54, 1.807) is 11.8 Å². The van der Waals surface area contributed by atoms with E-state index in [-0.39, 0.29) is 5.91 Å². The van der Waals surface area contributed by atoms with Gasteiger partial charge in [0.1, 0.15) is 6.04 Å². The van der Waals surface area contributed by atoms with Crippen LogP contribution in [0.15, 0.2) is 0 Å². The number of carbonyl (C=O) groups excluding carboxylic acids is 1. The highest BCUT2D eigenvalue weighted by molar-refractivity contribution is 7.99. The molecule has 0 aliphatic rings. The number of carboxylic acids is 1. The normalized spacial score (nSPS) is 12.1. The molecule has 0 saturated carbocycles. The summed E-state index contributed by atoms with van der Waals surface area (Å²) in [7, 11) is 0. The lowest BCUT2D eigenvalue weighted by Crippen LogP contribution is -2.41. The van der Waals surface area contributed by atoms with Crippen LogP contribution in [0.4, 0.5) is 0 Å². The van der Waals surface area contributed by atoms with Crippen molar-refractivity contribution in [2.45, 2.75) is 45.6 Å². The van der Waals surface area contributed by atoms with Crippen LogP contribution in [0.3, 0.4) is 0 Å². The van der Waals surface area contributed by atoms with Gasteiger partial charge in [0.2, 0.25) is 5.91 Å². The Morgan fingerprint density at radius 2 is 1.94 bits per heavy atom. The number of carbonyl (C=O) groups is 2. The molecule has 2 N–H and O–H groups in total. The molecule has 0 aliphatic carbocycles. The number of nitrogens with one attached hydrogen (secondary N) is 1. The summed E-state index contributed by atoms with van der Waals surface area (Å²) in [5.41, 5.74) is 0. The number of hydrogen-bond acceptors (Lipinski definition) is 3. The quantitative estimate of drug-likeness (QED) is 0.611. The van der Waals surface area contributed by atoms with Gasteiger partial charge in [0.25, 0.3) is 0 Å². The number of amides is 1. The Morgan fingerprint density at radius 3 is 2.44 bits per heavy atom. The summed E-state index contributed by atoms with van der Waals surface area (Å²) in [5.74, 6) is 0.698. The lowest BCUT2D eigenvalue weighted by molar-refractivity contribution is -0.141. The number of thioether (sulfide) groups is 1. The summed E-state index contributed by atoms with van der Waals surface area (Å²) < 4.78 is 0. The molecule has 0 aliphatic heterocycles. The zero-order valence-corrected chi connectivity index (χ0v) is 10.8. The Hall–Kier alpha value is -0.710. The van der Waals surface area contributed by atoms with Gasteiger partial charge in [0, 0.05) is 6.42 Å². The van der Waals surface area contributed by atoms with E-state index in [1.165, 1.54) is 0 Å². The van der Waals surface area contributed by atoms with E-state index in [0.717, 1.165) is 24.3 Å². The van der Waals surface area contributed by atoms with Gasteiger partial charge in [-0.2, -0.15) is 11.8 Å². The van der Waals surface area contributed by atoms with Gasteiger partial charge in [-0.1, -0.05) is 13.8 Å². The molecule has 0 aromatic heterocycles. The summed E-state index contributed by atoms with van der Waals surface area (Å²) in [5, 5.41) is 11.5. The molecule has 0 fully saturated rings. The van der Waals surface area contributed by atoms with Crippen molar-refractivity contribution in [1.82, 2.24) is 5.32 Å². The van der Waals surface area contributed by atoms with Gasteiger partial charge in [0.05, 0.1) is 0 Å². The standard InChI is InChI=1S/C11H21NO3S/c1-3-5-10(13)12-9(11(14)15)6-8-16-7-4-2/h9H,3-8H2,1-2H3,(H,12,13)(H,14,15). The zero-order valence-electron chi connectivity index (χ0n) is 9.99. The van der Waals surface area contributed by atoms with E-state index in [2.05, 4.69) is 12.2 Å². The van der Waals surface area contributed by atoms with Gasteiger partial charge in [-0.15, -0.1) is 0 Å². The van der Waals surface area contributed by atoms with Crippen LogP contribution in [-0.2, 0) is 9.59 Å². The second-order valence-corrected chi connectivity index (χ2v) is 4.83. The molecule has 94 valence electrons. The van der Waals surface area contributed by atoms with Crippen LogP contribution in [0.1, 0.15) is 39.5 Å². The maximum atomic E-state index is 11.3. The van der Waals surface area contributed by atoms with Crippen molar-refractivity contribution in [2.75, 3.05) is 11.5 Å². The minimum atomic E-state index is -0.943. The van der Waals surface area contributed by atoms with Crippen molar-refractivity contribution in [2.24, 2.45) is 0 Å². The molecule has 16 heavy (non-hydrogen) atoms. The first-order valence-electron chi connectivity index (χ1n) is 5.71. The second-order valence-electron chi connectivity index (χ2n) is 3.61. The summed E-state index contributed by atoms with van der Waals surface area (Å²) in [6.45, 7) is 3.98. The third-order valence-electron chi connectivity index (χ3n) is 2.01. The first-order chi connectivity index (χ1) is 7.61. The van der Waals surface area contributed by atoms with E-state index >= 15 is 0 Å². The van der Waals surface area contributed by atoms with Crippen molar-refractivity contribution in [3.63, 3.8) is 0 Å². The van der Waals surface area contributed by atoms with Gasteiger partial charge in [-0.25, -0.2) is 4.79 Å². The molecule has 0 heterocycles. The van der Waals surface area contributed by atoms with Crippen molar-refractivity contribution < 1.29 is 14.7 Å². The van der Waals surface area contributed by atoms with E-state index < -0.39 is 12.0 Å². The molecular formula is C11H21NO3S. The first-order valence-corrected chi connectivity index (χ1v) is 6.87. The highest BCUT2D eigenvalue weighted by atomic mass is 32.2. The smallest absolute Gasteiger partial charge is 0.326 e. The third kappa shape index (κ3) is 7.56. The zero-order chi connectivity index (χ0) is 12.4. The van der Waals surface area contributed by atoms with Gasteiger partial charge < -0.3 is 10.4 Å². The van der Waals surface area contributed by atoms with Crippen LogP contribution in [0.5, 0.6) is 0 Å². The summed E-state index contributed by atoms with van der Waals surface area (Å²) in [6, 6.07) is -0.733. The van der Waals surface area contributed by atoms with E-state index in [1.807, 2.05) is 6.92 Å². The third-order valence-corrected chi connectivity index (χ3v) is 3.23. The van der Waals surface area contributed by atoms with Crippen molar-refractivity contribution >= 4 is 23.6 Å². The molecular weight excluding hydrogens is 226 g/mol. The van der Waals surface area contributed by atoms with E-state index in [4.69, 9.17) is 5.11 Å². The van der Waals surface area contributed by atoms with Gasteiger partial charge in [-0.3, -0.25) is 4.79 Å². The van der Waals surface area contributed by atoms with Crippen molar-refractivity contribution in [3.05, 3.63) is 0 Å². The molecule has 5 heteroatoms. The lowest BCUT2D eigenvalue weighted by Gasteiger charge is -2.13. The maximum Gasteiger partial charge on any atom is 0.326 e. The SMILES string of the molecule is CCCSCCC(NC(=O)CCC)C(=O)O. The fourth-order valence-corrected chi connectivity index (χ4v) is 2.09. The number of aliphatic carboxylic acids is 1. The molecule has 1 unspecified atom stereocenters. The Morgan fingerprint density at radius 1 is 1.25 bits per heavy atom. The van der Waals surface area contributed by atoms with Crippen LogP contribution in [0.25, 0.3) is 0 Å². The summed E-state index contributed by atoms with van der Waals surface area (Å²) in [4.78, 5) is 22.1. The van der Waals surface area contributed by atoms with Crippen molar-refractivity contribution in [3.8, 4) is 0 Å². The van der Waals surface area contributed by atoms with Crippen LogP contribution < -0.4 is 5.32 Å². The Balaban J connectivity index is 3.88. The van der Waals surface area contributed by atoms with E-state index in [0.29, 0.717) is 12.8 Å². The molecule has 0 rings (SSSR count). The monoisotopic (exact) mass is 247 g/mol. The van der Waals surface area contributed by atoms with E-state index in [9.17, 15) is 9.59 Å². The molecule has 0 aromatic rings. The number of hydrogen-bond donors (Lipinski definition) is 2. The molecule has 0 bridgehead atoms. The lowest BCUT2D eigenvalue weighted by atomic mass is 10.2. The number of carboxylic acid groups (broad SMARTS) is 1. The second kappa shape index (κ2) is 9.51. The van der Waals surface area contributed by atoms with Crippen LogP contribution in [0.2, 0.25) is 0 Å². The Labute approximate surface area is 101 Å². The molecule has 0 saturated heterocycles. The average Bonchev–Trinajstić information content (AvgIpc) is 2.22. The fraction of sp³-hybridized carbons (Fsp3) is 0.818. The fourth-order valence-electron chi connectivity index (χ4n) is 1.20.